The molecule has 2 aliphatic rings. The van der Waals surface area contributed by atoms with Crippen molar-refractivity contribution in [3.63, 3.8) is 0 Å². The molecule has 52 heavy (non-hydrogen) atoms. The van der Waals surface area contributed by atoms with Crippen LogP contribution in [0.15, 0.2) is 59.8 Å². The summed E-state index contributed by atoms with van der Waals surface area (Å²) in [6, 6.07) is 12.0. The minimum atomic E-state index is -4.19. The third kappa shape index (κ3) is 8.80. The number of fused-ring (bicyclic) bond motifs is 4. The lowest BCUT2D eigenvalue weighted by molar-refractivity contribution is 0.0504. The van der Waals surface area contributed by atoms with E-state index in [-0.39, 0.29) is 46.8 Å². The summed E-state index contributed by atoms with van der Waals surface area (Å²) in [4.78, 5) is 35.0. The van der Waals surface area contributed by atoms with E-state index >= 15 is 0 Å². The van der Waals surface area contributed by atoms with Gasteiger partial charge in [-0.1, -0.05) is 84.6 Å². The lowest BCUT2D eigenvalue weighted by Crippen LogP contribution is -2.45. The van der Waals surface area contributed by atoms with Gasteiger partial charge in [0, 0.05) is 29.1 Å². The van der Waals surface area contributed by atoms with Crippen LogP contribution in [-0.2, 0) is 29.4 Å². The molecule has 0 spiro atoms. The average Bonchev–Trinajstić information content (AvgIpc) is 3.59. The molecule has 276 valence electrons. The molecule has 1 aliphatic carbocycles. The van der Waals surface area contributed by atoms with Crippen molar-refractivity contribution in [1.29, 1.82) is 0 Å². The lowest BCUT2D eigenvalue weighted by Gasteiger charge is -2.35. The van der Waals surface area contributed by atoms with Crippen molar-refractivity contribution in [3.8, 4) is 17.1 Å². The standard InChI is InChI=1S/C41H52N6O4S/c1-26(2)18-30-22-42-35(43-23-30)24-47-33(21-41(5,6)7)25-51-38-28(4)37(36-27(3)12-10-15-31(36)19-29-13-8-9-14-29)44-40(45-38)46-52(49,50)34-17-11-16-32(20-34)39(47)48/h10-12,15-17,20,22-23,26,29,33H,8-9,13-14,18-19,21,24-25H2,1-7H3,(H,44,45,46)/t33-/m1/s1. The molecule has 2 aromatic heterocycles. The van der Waals surface area contributed by atoms with Crippen LogP contribution in [0.5, 0.6) is 5.88 Å². The summed E-state index contributed by atoms with van der Waals surface area (Å²) >= 11 is 0. The van der Waals surface area contributed by atoms with Crippen LogP contribution in [0.4, 0.5) is 5.95 Å². The highest BCUT2D eigenvalue weighted by atomic mass is 32.2. The van der Waals surface area contributed by atoms with Crippen molar-refractivity contribution in [2.24, 2.45) is 17.3 Å². The lowest BCUT2D eigenvalue weighted by atomic mass is 9.87. The Balaban J connectivity index is 1.48. The molecule has 3 heterocycles. The quantitative estimate of drug-likeness (QED) is 0.193. The monoisotopic (exact) mass is 724 g/mol. The largest absolute Gasteiger partial charge is 0.475 e. The van der Waals surface area contributed by atoms with E-state index in [1.165, 1.54) is 43.4 Å². The Morgan fingerprint density at radius 3 is 2.40 bits per heavy atom. The van der Waals surface area contributed by atoms with E-state index in [0.717, 1.165) is 29.5 Å². The van der Waals surface area contributed by atoms with Crippen molar-refractivity contribution in [1.82, 2.24) is 24.8 Å². The molecule has 0 unspecified atom stereocenters. The summed E-state index contributed by atoms with van der Waals surface area (Å²) in [5.74, 6) is 1.40. The van der Waals surface area contributed by atoms with Gasteiger partial charge in [0.2, 0.25) is 11.8 Å². The third-order valence-corrected chi connectivity index (χ3v) is 11.3. The zero-order chi connectivity index (χ0) is 37.2. The molecule has 4 bridgehead atoms. The van der Waals surface area contributed by atoms with Gasteiger partial charge in [-0.3, -0.25) is 4.79 Å². The molecule has 6 rings (SSSR count). The molecule has 0 radical (unpaired) electrons. The molecule has 1 saturated carbocycles. The fourth-order valence-electron chi connectivity index (χ4n) is 7.53. The first-order valence-electron chi connectivity index (χ1n) is 18.5. The Hall–Kier alpha value is -4.38. The minimum Gasteiger partial charge on any atom is -0.475 e. The number of amides is 1. The molecule has 11 heteroatoms. The van der Waals surface area contributed by atoms with Crippen molar-refractivity contribution in [2.45, 2.75) is 111 Å². The van der Waals surface area contributed by atoms with Crippen LogP contribution in [0.1, 0.15) is 105 Å². The van der Waals surface area contributed by atoms with E-state index in [4.69, 9.17) is 9.72 Å². The normalized spacial score (nSPS) is 18.0. The Kier molecular flexibility index (Phi) is 11.0. The number of anilines is 1. The maximum Gasteiger partial charge on any atom is 0.264 e. The first kappa shape index (κ1) is 37.4. The van der Waals surface area contributed by atoms with Crippen molar-refractivity contribution >= 4 is 21.9 Å². The fraction of sp³-hybridized carbons (Fsp3) is 0.488. The molecular formula is C41H52N6O4S. The molecule has 1 atom stereocenters. The van der Waals surface area contributed by atoms with E-state index in [1.54, 1.807) is 17.0 Å². The van der Waals surface area contributed by atoms with E-state index < -0.39 is 16.1 Å². The van der Waals surface area contributed by atoms with Gasteiger partial charge in [0.15, 0.2) is 0 Å². The summed E-state index contributed by atoms with van der Waals surface area (Å²) in [7, 11) is -4.19. The van der Waals surface area contributed by atoms with Gasteiger partial charge in [0.25, 0.3) is 15.9 Å². The minimum absolute atomic E-state index is 0.0646. The predicted molar refractivity (Wildman–Crippen MR) is 204 cm³/mol. The van der Waals surface area contributed by atoms with Crippen LogP contribution in [0.2, 0.25) is 0 Å². The predicted octanol–water partition coefficient (Wildman–Crippen LogP) is 8.12. The molecule has 0 saturated heterocycles. The molecule has 10 nitrogen and oxygen atoms in total. The van der Waals surface area contributed by atoms with Gasteiger partial charge in [0.1, 0.15) is 12.4 Å². The number of nitrogens with one attached hydrogen (secondary N) is 1. The summed E-state index contributed by atoms with van der Waals surface area (Å²) < 4.78 is 37.1. The van der Waals surface area contributed by atoms with Crippen LogP contribution < -0.4 is 9.46 Å². The highest BCUT2D eigenvalue weighted by Crippen LogP contribution is 2.38. The Bertz CT molecular complexity index is 2020. The zero-order valence-corrected chi connectivity index (χ0v) is 32.4. The molecule has 1 aliphatic heterocycles. The van der Waals surface area contributed by atoms with Gasteiger partial charge >= 0.3 is 0 Å². The van der Waals surface area contributed by atoms with Crippen LogP contribution in [0.3, 0.4) is 0 Å². The number of ether oxygens (including phenoxy) is 1. The Morgan fingerprint density at radius 2 is 1.71 bits per heavy atom. The second-order valence-electron chi connectivity index (χ2n) is 16.2. The zero-order valence-electron chi connectivity index (χ0n) is 31.6. The average molecular weight is 725 g/mol. The first-order chi connectivity index (χ1) is 24.7. The molecular weight excluding hydrogens is 673 g/mol. The SMILES string of the molecule is Cc1cccc(CC2CCCC2)c1-c1nc2nc(c1C)OC[C@@H](CC(C)(C)C)N(Cc1ncc(CC(C)C)cn1)C(=O)c1cccc(c1)S(=O)(=O)N2. The number of carbonyl (C=O) groups is 1. The number of hydrogen-bond acceptors (Lipinski definition) is 8. The van der Waals surface area contributed by atoms with E-state index in [1.807, 2.05) is 19.3 Å². The van der Waals surface area contributed by atoms with Gasteiger partial charge in [-0.2, -0.15) is 4.98 Å². The van der Waals surface area contributed by atoms with Gasteiger partial charge in [-0.25, -0.2) is 28.1 Å². The summed E-state index contributed by atoms with van der Waals surface area (Å²) in [6.45, 7) is 14.9. The molecule has 1 fully saturated rings. The van der Waals surface area contributed by atoms with Crippen molar-refractivity contribution in [2.75, 3.05) is 11.3 Å². The molecule has 4 aromatic rings. The highest BCUT2D eigenvalue weighted by Gasteiger charge is 2.33. The topological polar surface area (TPSA) is 127 Å². The number of rotatable bonds is 8. The second-order valence-corrected chi connectivity index (χ2v) is 17.9. The van der Waals surface area contributed by atoms with E-state index in [2.05, 4.69) is 79.4 Å². The van der Waals surface area contributed by atoms with E-state index in [9.17, 15) is 13.2 Å². The van der Waals surface area contributed by atoms with Crippen LogP contribution in [-0.4, -0.2) is 51.8 Å². The number of sulfonamides is 1. The van der Waals surface area contributed by atoms with Crippen LogP contribution in [0.25, 0.3) is 11.3 Å². The number of carbonyl (C=O) groups excluding carboxylic acids is 1. The van der Waals surface area contributed by atoms with Gasteiger partial charge in [-0.15, -0.1) is 0 Å². The third-order valence-electron chi connectivity index (χ3n) is 9.97. The second kappa shape index (κ2) is 15.3. The maximum absolute atomic E-state index is 14.5. The number of nitrogens with zero attached hydrogens (tertiary/aromatic N) is 5. The number of hydrogen-bond donors (Lipinski definition) is 1. The highest BCUT2D eigenvalue weighted by molar-refractivity contribution is 7.92. The first-order valence-corrected chi connectivity index (χ1v) is 20.0. The Labute approximate surface area is 308 Å². The van der Waals surface area contributed by atoms with Gasteiger partial charge < -0.3 is 9.64 Å². The molecule has 1 amide bonds. The van der Waals surface area contributed by atoms with Crippen LogP contribution >= 0.6 is 0 Å². The smallest absolute Gasteiger partial charge is 0.264 e. The Morgan fingerprint density at radius 1 is 1.00 bits per heavy atom. The maximum atomic E-state index is 14.5. The van der Waals surface area contributed by atoms with Gasteiger partial charge in [-0.05, 0) is 85.3 Å². The number of benzene rings is 2. The van der Waals surface area contributed by atoms with Crippen molar-refractivity contribution in [3.05, 3.63) is 88.5 Å². The van der Waals surface area contributed by atoms with Crippen LogP contribution in [0, 0.1) is 31.1 Å². The fourth-order valence-corrected chi connectivity index (χ4v) is 8.52. The summed E-state index contributed by atoms with van der Waals surface area (Å²) in [6.07, 6.45) is 10.9. The summed E-state index contributed by atoms with van der Waals surface area (Å²) in [5.41, 5.74) is 5.61. The van der Waals surface area contributed by atoms with Gasteiger partial charge in [0.05, 0.1) is 23.2 Å². The number of aryl methyl sites for hydroxylation is 1. The number of aromatic nitrogens is 4. The van der Waals surface area contributed by atoms with Crippen molar-refractivity contribution < 1.29 is 17.9 Å². The molecule has 1 N–H and O–H groups in total. The summed E-state index contributed by atoms with van der Waals surface area (Å²) in [5, 5.41) is 0. The van der Waals surface area contributed by atoms with E-state index in [0.29, 0.717) is 35.3 Å². The molecule has 2 aromatic carbocycles.